The van der Waals surface area contributed by atoms with Crippen LogP contribution in [0.1, 0.15) is 121 Å². The highest BCUT2D eigenvalue weighted by Gasteiger charge is 2.00. The smallest absolute Gasteiger partial charge is 0.240 e. The zero-order valence-corrected chi connectivity index (χ0v) is 22.6. The Bertz CT molecular complexity index is 818. The fourth-order valence-corrected chi connectivity index (χ4v) is 4.28. The first-order chi connectivity index (χ1) is 17.8. The second-order valence-electron chi connectivity index (χ2n) is 9.84. The molecule has 0 aromatic heterocycles. The molecule has 4 heteroatoms. The van der Waals surface area contributed by atoms with Gasteiger partial charge in [-0.15, -0.1) is 0 Å². The molecule has 198 valence electrons. The number of nitrogens with one attached hydrogen (secondary N) is 1. The molecule has 0 atom stereocenters. The zero-order chi connectivity index (χ0) is 25.5. The van der Waals surface area contributed by atoms with Crippen LogP contribution in [0, 0.1) is 0 Å². The number of hydrogen-bond acceptors (Lipinski definition) is 3. The van der Waals surface area contributed by atoms with E-state index in [-0.39, 0.29) is 5.91 Å². The van der Waals surface area contributed by atoms with Gasteiger partial charge in [-0.05, 0) is 41.8 Å². The number of nitrogens with zero attached hydrogens (tertiary/aromatic N) is 1. The van der Waals surface area contributed by atoms with E-state index in [1.807, 2.05) is 54.6 Å². The van der Waals surface area contributed by atoms with Gasteiger partial charge in [0.25, 0.3) is 0 Å². The maximum Gasteiger partial charge on any atom is 0.240 e. The summed E-state index contributed by atoms with van der Waals surface area (Å²) in [4.78, 5) is 12.0. The van der Waals surface area contributed by atoms with Crippen molar-refractivity contribution < 1.29 is 9.53 Å². The SMILES string of the molecule is CCCCCCCCCCCCCCCCCC(=O)NN=Cc1ccc(OCc2ccccc2)cc1. The van der Waals surface area contributed by atoms with Gasteiger partial charge < -0.3 is 4.74 Å². The fourth-order valence-electron chi connectivity index (χ4n) is 4.28. The summed E-state index contributed by atoms with van der Waals surface area (Å²) in [5, 5.41) is 4.09. The first-order valence-electron chi connectivity index (χ1n) is 14.4. The standard InChI is InChI=1S/C32H48N2O2/c1-2-3-4-5-6-7-8-9-10-11-12-13-14-15-19-22-32(35)34-33-27-29-23-25-31(26-24-29)36-28-30-20-17-16-18-21-30/h16-18,20-21,23-27H,2-15,19,22,28H2,1H3,(H,34,35). The molecule has 1 N–H and O–H groups in total. The van der Waals surface area contributed by atoms with Crippen LogP contribution >= 0.6 is 0 Å². The molecule has 1 amide bonds. The van der Waals surface area contributed by atoms with Crippen molar-refractivity contribution in [2.75, 3.05) is 0 Å². The van der Waals surface area contributed by atoms with Crippen molar-refractivity contribution in [3.8, 4) is 5.75 Å². The Hall–Kier alpha value is -2.62. The summed E-state index contributed by atoms with van der Waals surface area (Å²) in [5.74, 6) is 0.803. The van der Waals surface area contributed by atoms with Crippen LogP contribution in [0.25, 0.3) is 0 Å². The van der Waals surface area contributed by atoms with Crippen molar-refractivity contribution >= 4 is 12.1 Å². The largest absolute Gasteiger partial charge is 0.489 e. The van der Waals surface area contributed by atoms with Crippen molar-refractivity contribution in [3.05, 3.63) is 65.7 Å². The molecule has 4 nitrogen and oxygen atoms in total. The Morgan fingerprint density at radius 2 is 1.25 bits per heavy atom. The number of unbranched alkanes of at least 4 members (excludes halogenated alkanes) is 14. The van der Waals surface area contributed by atoms with Crippen LogP contribution in [0.4, 0.5) is 0 Å². The first-order valence-corrected chi connectivity index (χ1v) is 14.4. The molecule has 0 aliphatic rings. The molecule has 36 heavy (non-hydrogen) atoms. The van der Waals surface area contributed by atoms with Crippen LogP contribution in [-0.4, -0.2) is 12.1 Å². The normalized spacial score (nSPS) is 11.1. The second kappa shape index (κ2) is 20.6. The molecule has 0 fully saturated rings. The van der Waals surface area contributed by atoms with E-state index in [1.54, 1.807) is 6.21 Å². The van der Waals surface area contributed by atoms with Crippen molar-refractivity contribution in [2.24, 2.45) is 5.10 Å². The minimum absolute atomic E-state index is 0.0104. The summed E-state index contributed by atoms with van der Waals surface area (Å²) < 4.78 is 5.79. The molecule has 2 rings (SSSR count). The van der Waals surface area contributed by atoms with E-state index in [0.29, 0.717) is 13.0 Å². The maximum atomic E-state index is 12.0. The highest BCUT2D eigenvalue weighted by molar-refractivity contribution is 5.82. The lowest BCUT2D eigenvalue weighted by atomic mass is 10.0. The van der Waals surface area contributed by atoms with Crippen LogP contribution in [0.2, 0.25) is 0 Å². The van der Waals surface area contributed by atoms with E-state index in [9.17, 15) is 4.79 Å². The topological polar surface area (TPSA) is 50.7 Å². The van der Waals surface area contributed by atoms with Crippen LogP contribution in [-0.2, 0) is 11.4 Å². The Balaban J connectivity index is 1.40. The molecule has 0 spiro atoms. The second-order valence-corrected chi connectivity index (χ2v) is 9.84. The van der Waals surface area contributed by atoms with Crippen molar-refractivity contribution in [1.29, 1.82) is 0 Å². The van der Waals surface area contributed by atoms with Gasteiger partial charge in [-0.3, -0.25) is 4.79 Å². The van der Waals surface area contributed by atoms with Crippen molar-refractivity contribution in [2.45, 2.75) is 116 Å². The zero-order valence-electron chi connectivity index (χ0n) is 22.6. The van der Waals surface area contributed by atoms with Gasteiger partial charge in [-0.25, -0.2) is 5.43 Å². The minimum atomic E-state index is -0.0104. The molecule has 0 heterocycles. The van der Waals surface area contributed by atoms with E-state index in [4.69, 9.17) is 4.74 Å². The van der Waals surface area contributed by atoms with E-state index < -0.39 is 0 Å². The van der Waals surface area contributed by atoms with E-state index in [2.05, 4.69) is 17.5 Å². The van der Waals surface area contributed by atoms with Gasteiger partial charge in [0.15, 0.2) is 0 Å². The summed E-state index contributed by atoms with van der Waals surface area (Å²) in [6.07, 6.45) is 22.2. The van der Waals surface area contributed by atoms with Crippen LogP contribution < -0.4 is 10.2 Å². The summed E-state index contributed by atoms with van der Waals surface area (Å²) in [6, 6.07) is 17.8. The van der Waals surface area contributed by atoms with Crippen molar-refractivity contribution in [3.63, 3.8) is 0 Å². The molecule has 0 saturated heterocycles. The molecule has 0 aliphatic heterocycles. The number of hydrazone groups is 1. The third-order valence-corrected chi connectivity index (χ3v) is 6.54. The summed E-state index contributed by atoms with van der Waals surface area (Å²) >= 11 is 0. The van der Waals surface area contributed by atoms with Gasteiger partial charge in [-0.1, -0.05) is 127 Å². The molecule has 0 bridgehead atoms. The number of ether oxygens (including phenoxy) is 1. The number of carbonyl (C=O) groups is 1. The van der Waals surface area contributed by atoms with Crippen LogP contribution in [0.3, 0.4) is 0 Å². The van der Waals surface area contributed by atoms with E-state index in [1.165, 1.54) is 83.5 Å². The third-order valence-electron chi connectivity index (χ3n) is 6.54. The van der Waals surface area contributed by atoms with Gasteiger partial charge in [-0.2, -0.15) is 5.10 Å². The number of rotatable bonds is 21. The molecule has 0 unspecified atom stereocenters. The number of benzene rings is 2. The number of carbonyl (C=O) groups excluding carboxylic acids is 1. The molecule has 2 aromatic rings. The van der Waals surface area contributed by atoms with Gasteiger partial charge in [0, 0.05) is 6.42 Å². The highest BCUT2D eigenvalue weighted by atomic mass is 16.5. The lowest BCUT2D eigenvalue weighted by molar-refractivity contribution is -0.121. The summed E-state index contributed by atoms with van der Waals surface area (Å²) in [6.45, 7) is 2.82. The predicted octanol–water partition coefficient (Wildman–Crippen LogP) is 8.98. The van der Waals surface area contributed by atoms with Crippen LogP contribution in [0.15, 0.2) is 59.7 Å². The summed E-state index contributed by atoms with van der Waals surface area (Å²) in [7, 11) is 0. The average molecular weight is 493 g/mol. The molecule has 0 radical (unpaired) electrons. The summed E-state index contributed by atoms with van der Waals surface area (Å²) in [5.41, 5.74) is 4.71. The predicted molar refractivity (Wildman–Crippen MR) is 152 cm³/mol. The highest BCUT2D eigenvalue weighted by Crippen LogP contribution is 2.15. The van der Waals surface area contributed by atoms with E-state index in [0.717, 1.165) is 29.7 Å². The van der Waals surface area contributed by atoms with Gasteiger partial charge in [0.1, 0.15) is 12.4 Å². The van der Waals surface area contributed by atoms with E-state index >= 15 is 0 Å². The maximum absolute atomic E-state index is 12.0. The Morgan fingerprint density at radius 3 is 1.81 bits per heavy atom. The third kappa shape index (κ3) is 15.4. The molecule has 0 saturated carbocycles. The first kappa shape index (κ1) is 29.6. The fraction of sp³-hybridized carbons (Fsp3) is 0.562. The number of amides is 1. The van der Waals surface area contributed by atoms with Gasteiger partial charge >= 0.3 is 0 Å². The van der Waals surface area contributed by atoms with Gasteiger partial charge in [0.2, 0.25) is 5.91 Å². The molecule has 0 aliphatic carbocycles. The average Bonchev–Trinajstić information content (AvgIpc) is 2.91. The minimum Gasteiger partial charge on any atom is -0.489 e. The quantitative estimate of drug-likeness (QED) is 0.107. The monoisotopic (exact) mass is 492 g/mol. The van der Waals surface area contributed by atoms with Crippen molar-refractivity contribution in [1.82, 2.24) is 5.43 Å². The Kier molecular flexibility index (Phi) is 16.9. The van der Waals surface area contributed by atoms with Crippen LogP contribution in [0.5, 0.6) is 5.75 Å². The molecule has 2 aromatic carbocycles. The Morgan fingerprint density at radius 1 is 0.722 bits per heavy atom. The van der Waals surface area contributed by atoms with Gasteiger partial charge in [0.05, 0.1) is 6.21 Å². The molecular weight excluding hydrogens is 444 g/mol. The lowest BCUT2D eigenvalue weighted by Gasteiger charge is -2.06. The Labute approximate surface area is 219 Å². The lowest BCUT2D eigenvalue weighted by Crippen LogP contribution is -2.16. The number of hydrogen-bond donors (Lipinski definition) is 1. The molecular formula is C32H48N2O2.